The van der Waals surface area contributed by atoms with Crippen molar-refractivity contribution in [2.75, 3.05) is 26.3 Å². The van der Waals surface area contributed by atoms with E-state index >= 15 is 0 Å². The number of rotatable bonds is 9. The zero-order chi connectivity index (χ0) is 23.8. The average molecular weight is 479 g/mol. The summed E-state index contributed by atoms with van der Waals surface area (Å²) in [5.41, 5.74) is 0. The van der Waals surface area contributed by atoms with E-state index in [9.17, 15) is 19.5 Å². The van der Waals surface area contributed by atoms with Gasteiger partial charge in [0.15, 0.2) is 0 Å². The number of amides is 2. The molecular weight excluding hydrogens is 440 g/mol. The van der Waals surface area contributed by atoms with Crippen LogP contribution in [0.4, 0.5) is 0 Å². The largest absolute Gasteiger partial charge is 0.466 e. The minimum Gasteiger partial charge on any atom is -0.466 e. The molecule has 4 aliphatic rings. The summed E-state index contributed by atoms with van der Waals surface area (Å²) >= 11 is 1.67. The Morgan fingerprint density at radius 2 is 2.03 bits per heavy atom. The summed E-state index contributed by atoms with van der Waals surface area (Å²) in [4.78, 5) is 44.8. The first kappa shape index (κ1) is 24.6. The lowest BCUT2D eigenvalue weighted by Gasteiger charge is -2.41. The molecule has 2 amide bonds. The minimum absolute atomic E-state index is 0.0168. The Balaban J connectivity index is 1.73. The van der Waals surface area contributed by atoms with E-state index in [1.807, 2.05) is 4.90 Å². The first-order chi connectivity index (χ1) is 15.8. The summed E-state index contributed by atoms with van der Waals surface area (Å²) in [7, 11) is 0. The molecule has 1 spiro atoms. The SMILES string of the molecule is C=CCN(C(=O)C1N(CCCO)C(=O)[C@@H]2[C@H](C(=O)OCC)[C@]3(C)CCC12S3)C1CCCCC1. The Kier molecular flexibility index (Phi) is 7.16. The number of thioether (sulfide) groups is 1. The number of likely N-dealkylation sites (tertiary alicyclic amines) is 1. The van der Waals surface area contributed by atoms with Crippen molar-refractivity contribution in [1.82, 2.24) is 9.80 Å². The number of aliphatic hydroxyl groups is 1. The molecule has 4 rings (SSSR count). The topological polar surface area (TPSA) is 87.2 Å². The number of aliphatic hydroxyl groups excluding tert-OH is 1. The molecule has 33 heavy (non-hydrogen) atoms. The van der Waals surface area contributed by atoms with Gasteiger partial charge >= 0.3 is 5.97 Å². The summed E-state index contributed by atoms with van der Waals surface area (Å²) in [5, 5.41) is 9.49. The van der Waals surface area contributed by atoms with Crippen molar-refractivity contribution >= 4 is 29.5 Å². The van der Waals surface area contributed by atoms with E-state index in [4.69, 9.17) is 4.74 Å². The Morgan fingerprint density at radius 3 is 2.67 bits per heavy atom. The molecule has 0 aromatic carbocycles. The van der Waals surface area contributed by atoms with Crippen LogP contribution in [0, 0.1) is 11.8 Å². The fraction of sp³-hybridized carbons (Fsp3) is 0.800. The molecule has 0 aromatic rings. The Morgan fingerprint density at radius 1 is 1.30 bits per heavy atom. The second-order valence-electron chi connectivity index (χ2n) is 10.2. The number of hydrogen-bond donors (Lipinski definition) is 1. The van der Waals surface area contributed by atoms with Gasteiger partial charge in [-0.15, -0.1) is 18.3 Å². The normalized spacial score (nSPS) is 35.5. The van der Waals surface area contributed by atoms with Gasteiger partial charge in [-0.3, -0.25) is 14.4 Å². The molecule has 0 radical (unpaired) electrons. The smallest absolute Gasteiger partial charge is 0.311 e. The molecule has 3 heterocycles. The summed E-state index contributed by atoms with van der Waals surface area (Å²) in [5.74, 6) is -1.56. The Bertz CT molecular complexity index is 800. The third kappa shape index (κ3) is 3.91. The van der Waals surface area contributed by atoms with Gasteiger partial charge in [0, 0.05) is 30.5 Å². The lowest BCUT2D eigenvalue weighted by atomic mass is 9.66. The highest BCUT2D eigenvalue weighted by Gasteiger charge is 2.77. The zero-order valence-corrected chi connectivity index (χ0v) is 20.8. The first-order valence-electron chi connectivity index (χ1n) is 12.5. The molecule has 1 N–H and O–H groups in total. The predicted octanol–water partition coefficient (Wildman–Crippen LogP) is 2.76. The van der Waals surface area contributed by atoms with Gasteiger partial charge in [0.1, 0.15) is 6.04 Å². The molecule has 2 bridgehead atoms. The number of fused-ring (bicyclic) bond motifs is 1. The fourth-order valence-electron chi connectivity index (χ4n) is 6.88. The quantitative estimate of drug-likeness (QED) is 0.405. The van der Waals surface area contributed by atoms with E-state index < -0.39 is 27.4 Å². The van der Waals surface area contributed by atoms with Crippen molar-refractivity contribution in [3.8, 4) is 0 Å². The highest BCUT2D eigenvalue weighted by Crippen LogP contribution is 2.71. The summed E-state index contributed by atoms with van der Waals surface area (Å²) in [6.07, 6.45) is 9.07. The number of nitrogens with zero attached hydrogens (tertiary/aromatic N) is 2. The van der Waals surface area contributed by atoms with Crippen LogP contribution in [0.2, 0.25) is 0 Å². The van der Waals surface area contributed by atoms with Crippen molar-refractivity contribution in [2.24, 2.45) is 11.8 Å². The zero-order valence-electron chi connectivity index (χ0n) is 20.0. The van der Waals surface area contributed by atoms with Crippen LogP contribution < -0.4 is 0 Å². The second kappa shape index (κ2) is 9.61. The van der Waals surface area contributed by atoms with Crippen LogP contribution in [0.15, 0.2) is 12.7 Å². The van der Waals surface area contributed by atoms with Crippen molar-refractivity contribution in [1.29, 1.82) is 0 Å². The molecular formula is C25H38N2O5S. The van der Waals surface area contributed by atoms with Gasteiger partial charge in [-0.05, 0) is 46.0 Å². The third-order valence-corrected chi connectivity index (χ3v) is 10.2. The molecule has 1 saturated carbocycles. The van der Waals surface area contributed by atoms with Crippen LogP contribution in [-0.4, -0.2) is 80.6 Å². The maximum atomic E-state index is 14.3. The highest BCUT2D eigenvalue weighted by atomic mass is 32.2. The van der Waals surface area contributed by atoms with Gasteiger partial charge in [0.2, 0.25) is 11.8 Å². The molecule has 7 nitrogen and oxygen atoms in total. The number of ether oxygens (including phenoxy) is 1. The maximum absolute atomic E-state index is 14.3. The van der Waals surface area contributed by atoms with Crippen molar-refractivity contribution in [3.05, 3.63) is 12.7 Å². The van der Waals surface area contributed by atoms with Crippen molar-refractivity contribution in [2.45, 2.75) is 86.8 Å². The number of carbonyl (C=O) groups excluding carboxylic acids is 3. The molecule has 184 valence electrons. The molecule has 0 aromatic heterocycles. The van der Waals surface area contributed by atoms with Gasteiger partial charge in [0.25, 0.3) is 0 Å². The van der Waals surface area contributed by atoms with E-state index in [-0.39, 0.29) is 37.0 Å². The predicted molar refractivity (Wildman–Crippen MR) is 128 cm³/mol. The molecule has 8 heteroatoms. The van der Waals surface area contributed by atoms with E-state index in [1.54, 1.807) is 29.7 Å². The number of esters is 1. The molecule has 3 saturated heterocycles. The van der Waals surface area contributed by atoms with Gasteiger partial charge < -0.3 is 19.6 Å². The molecule has 5 atom stereocenters. The molecule has 4 fully saturated rings. The summed E-state index contributed by atoms with van der Waals surface area (Å²) in [6, 6.07) is -0.454. The van der Waals surface area contributed by atoms with Crippen molar-refractivity contribution in [3.63, 3.8) is 0 Å². The van der Waals surface area contributed by atoms with E-state index in [1.165, 1.54) is 6.42 Å². The minimum atomic E-state index is -0.621. The fourth-order valence-corrected chi connectivity index (χ4v) is 9.22. The van der Waals surface area contributed by atoms with Gasteiger partial charge in [-0.25, -0.2) is 0 Å². The summed E-state index contributed by atoms with van der Waals surface area (Å²) in [6.45, 7) is 8.74. The maximum Gasteiger partial charge on any atom is 0.311 e. The van der Waals surface area contributed by atoms with Crippen LogP contribution in [-0.2, 0) is 19.1 Å². The van der Waals surface area contributed by atoms with E-state index in [0.717, 1.165) is 38.5 Å². The monoisotopic (exact) mass is 478 g/mol. The molecule has 1 aliphatic carbocycles. The summed E-state index contributed by atoms with van der Waals surface area (Å²) < 4.78 is 4.40. The van der Waals surface area contributed by atoms with Crippen LogP contribution >= 0.6 is 11.8 Å². The average Bonchev–Trinajstić information content (AvgIpc) is 3.37. The van der Waals surface area contributed by atoms with Gasteiger partial charge in [0.05, 0.1) is 23.2 Å². The van der Waals surface area contributed by atoms with Gasteiger partial charge in [-0.1, -0.05) is 25.3 Å². The number of hydrogen-bond acceptors (Lipinski definition) is 6. The van der Waals surface area contributed by atoms with Crippen LogP contribution in [0.5, 0.6) is 0 Å². The lowest BCUT2D eigenvalue weighted by molar-refractivity contribution is -0.155. The van der Waals surface area contributed by atoms with Crippen molar-refractivity contribution < 1.29 is 24.2 Å². The molecule has 3 aliphatic heterocycles. The lowest BCUT2D eigenvalue weighted by Crippen LogP contribution is -2.57. The Labute approximate surface area is 201 Å². The standard InChI is InChI=1S/C25H38N2O5S/c1-4-14-26(17-10-7-6-8-11-17)22(30)20-25-13-12-24(3,33-25)19(23(31)32-5-2)18(25)21(29)27(20)15-9-16-28/h4,17-20,28H,1,5-16H2,2-3H3/t18-,19+,20?,24-,25?/m0/s1. The Hall–Kier alpha value is -1.54. The van der Waals surface area contributed by atoms with Gasteiger partial charge in [-0.2, -0.15) is 0 Å². The number of carbonyl (C=O) groups is 3. The second-order valence-corrected chi connectivity index (χ2v) is 12.1. The van der Waals surface area contributed by atoms with E-state index in [0.29, 0.717) is 19.5 Å². The van der Waals surface area contributed by atoms with Crippen LogP contribution in [0.25, 0.3) is 0 Å². The van der Waals surface area contributed by atoms with Crippen LogP contribution in [0.1, 0.15) is 65.2 Å². The molecule has 2 unspecified atom stereocenters. The third-order valence-electron chi connectivity index (χ3n) is 8.23. The first-order valence-corrected chi connectivity index (χ1v) is 13.4. The van der Waals surface area contributed by atoms with E-state index in [2.05, 4.69) is 13.5 Å². The highest BCUT2D eigenvalue weighted by molar-refractivity contribution is 8.02. The van der Waals surface area contributed by atoms with Crippen LogP contribution in [0.3, 0.4) is 0 Å².